The number of hydrogen-bond donors (Lipinski definition) is 8. The van der Waals surface area contributed by atoms with E-state index in [1.807, 2.05) is 30.0 Å². The van der Waals surface area contributed by atoms with Crippen LogP contribution in [0.1, 0.15) is 81.4 Å². The minimum Gasteiger partial charge on any atom is -0.508 e. The van der Waals surface area contributed by atoms with E-state index in [0.29, 0.717) is 65.1 Å². The Bertz CT molecular complexity index is 2430. The van der Waals surface area contributed by atoms with Gasteiger partial charge in [0.05, 0.1) is 22.9 Å². The van der Waals surface area contributed by atoms with Crippen LogP contribution in [0, 0.1) is 18.3 Å². The molecule has 5 heterocycles. The number of carbonyl (C=O) groups is 1. The fraction of sp³-hybridized carbons (Fsp3) is 0.522. The second-order valence-electron chi connectivity index (χ2n) is 17.7. The molecule has 8 rings (SSSR count). The van der Waals surface area contributed by atoms with Crippen LogP contribution in [0.15, 0.2) is 64.1 Å². The summed E-state index contributed by atoms with van der Waals surface area (Å²) in [6.45, 7) is 4.69. The Morgan fingerprint density at radius 1 is 1.05 bits per heavy atom. The number of phenolic OH excluding ortho intramolecular Hbond substituents is 1. The molecule has 2 aromatic carbocycles. The lowest BCUT2D eigenvalue weighted by atomic mass is 9.65. The highest BCUT2D eigenvalue weighted by Crippen LogP contribution is 2.50. The van der Waals surface area contributed by atoms with Crippen molar-refractivity contribution in [3.05, 3.63) is 87.7 Å². The van der Waals surface area contributed by atoms with Crippen molar-refractivity contribution in [2.24, 2.45) is 11.3 Å². The Hall–Kier alpha value is -4.74. The molecule has 1 saturated heterocycles. The third kappa shape index (κ3) is 7.86. The molecule has 7 unspecified atom stereocenters. The molecule has 61 heavy (non-hydrogen) atoms. The Morgan fingerprint density at radius 3 is 2.52 bits per heavy atom. The maximum Gasteiger partial charge on any atom is 0.226 e. The second kappa shape index (κ2) is 16.9. The number of nitrogens with zero attached hydrogens (tertiary/aromatic N) is 1. The molecule has 3 aromatic heterocycles. The fourth-order valence-electron chi connectivity index (χ4n) is 10.1. The minimum absolute atomic E-state index is 0.0173. The zero-order chi connectivity index (χ0) is 43.3. The first-order valence-electron chi connectivity index (χ1n) is 21.4. The van der Waals surface area contributed by atoms with Crippen LogP contribution in [0.25, 0.3) is 27.6 Å². The number of aliphatic hydroxyl groups is 5. The summed E-state index contributed by atoms with van der Waals surface area (Å²) in [5, 5.41) is 68.2. The van der Waals surface area contributed by atoms with E-state index in [4.69, 9.17) is 18.9 Å². The number of rotatable bonds is 15. The number of benzene rings is 2. The van der Waals surface area contributed by atoms with Gasteiger partial charge in [-0.2, -0.15) is 0 Å². The lowest BCUT2D eigenvalue weighted by Gasteiger charge is -2.44. The van der Waals surface area contributed by atoms with Gasteiger partial charge in [0, 0.05) is 54.5 Å². The zero-order valence-electron chi connectivity index (χ0n) is 34.9. The highest BCUT2D eigenvalue weighted by atomic mass is 17.2. The number of nitrogens with one attached hydrogen (secondary N) is 2. The molecule has 5 aromatic rings. The number of aliphatic hydroxyl groups excluding tert-OH is 4. The van der Waals surface area contributed by atoms with Gasteiger partial charge in [-0.25, -0.2) is 9.78 Å². The Morgan fingerprint density at radius 2 is 1.80 bits per heavy atom. The number of phenols is 1. The average Bonchev–Trinajstić information content (AvgIpc) is 3.93. The molecule has 1 amide bonds. The maximum absolute atomic E-state index is 13.7. The monoisotopic (exact) mass is 843 g/mol. The summed E-state index contributed by atoms with van der Waals surface area (Å²) in [6, 6.07) is 11.1. The van der Waals surface area contributed by atoms with Crippen molar-refractivity contribution in [1.29, 1.82) is 0 Å². The first-order chi connectivity index (χ1) is 29.2. The number of amides is 1. The van der Waals surface area contributed by atoms with Gasteiger partial charge in [-0.1, -0.05) is 38.3 Å². The number of H-pyrrole nitrogens is 1. The molecular weight excluding hydrogens is 787 g/mol. The molecule has 0 bridgehead atoms. The largest absolute Gasteiger partial charge is 0.508 e. The molecule has 3 aliphatic rings. The van der Waals surface area contributed by atoms with Crippen LogP contribution in [0.3, 0.4) is 0 Å². The number of fused-ring (bicyclic) bond motifs is 3. The van der Waals surface area contributed by atoms with E-state index in [1.54, 1.807) is 13.0 Å². The smallest absolute Gasteiger partial charge is 0.226 e. The number of ether oxygens (including phenoxy) is 1. The Kier molecular flexibility index (Phi) is 11.9. The van der Waals surface area contributed by atoms with E-state index in [9.17, 15) is 40.2 Å². The van der Waals surface area contributed by atoms with Gasteiger partial charge < -0.3 is 54.7 Å². The van der Waals surface area contributed by atoms with Crippen molar-refractivity contribution in [3.8, 4) is 17.2 Å². The summed E-state index contributed by atoms with van der Waals surface area (Å²) in [4.78, 5) is 42.6. The van der Waals surface area contributed by atoms with E-state index in [2.05, 4.69) is 17.2 Å². The summed E-state index contributed by atoms with van der Waals surface area (Å²) in [7, 11) is 0. The summed E-state index contributed by atoms with van der Waals surface area (Å²) >= 11 is 0. The number of aryl methyl sites for hydroxylation is 2. The summed E-state index contributed by atoms with van der Waals surface area (Å²) in [6.07, 6.45) is 3.52. The number of aromatic amines is 1. The molecule has 1 saturated carbocycles. The Balaban J connectivity index is 1.18. The van der Waals surface area contributed by atoms with E-state index in [1.165, 1.54) is 30.3 Å². The molecule has 2 aliphatic heterocycles. The van der Waals surface area contributed by atoms with Crippen LogP contribution in [0.5, 0.6) is 11.5 Å². The molecule has 1 spiro atoms. The van der Waals surface area contributed by atoms with E-state index >= 15 is 0 Å². The van der Waals surface area contributed by atoms with Crippen LogP contribution in [-0.2, 0) is 33.8 Å². The number of carbonyl (C=O) groups excluding carboxylic acids is 1. The van der Waals surface area contributed by atoms with Gasteiger partial charge in [-0.3, -0.25) is 9.59 Å². The third-order valence-electron chi connectivity index (χ3n) is 13.7. The molecule has 7 atom stereocenters. The second-order valence-corrected chi connectivity index (χ2v) is 17.7. The van der Waals surface area contributed by atoms with Crippen LogP contribution in [0.2, 0.25) is 0 Å². The normalized spacial score (nSPS) is 23.7. The SMILES string of the molecule is CCc1c2cc[nH]c2cn1-c1c2c(cc3c(=O)cc(C)oc13)CC(OOCC(O)(Cc1ccc(O)cc1)C(O)C(O)C(O)CO)C(C)(CCC1CNC(=O)C13CCCCC3)O2. The molecule has 15 nitrogen and oxygen atoms in total. The quantitative estimate of drug-likeness (QED) is 0.0549. The predicted molar refractivity (Wildman–Crippen MR) is 224 cm³/mol. The van der Waals surface area contributed by atoms with Crippen molar-refractivity contribution >= 4 is 27.8 Å². The van der Waals surface area contributed by atoms with Crippen molar-refractivity contribution < 1.29 is 54.4 Å². The third-order valence-corrected chi connectivity index (χ3v) is 13.7. The molecule has 8 N–H and O–H groups in total. The van der Waals surface area contributed by atoms with Gasteiger partial charge in [0.25, 0.3) is 0 Å². The number of aromatic nitrogens is 2. The van der Waals surface area contributed by atoms with Gasteiger partial charge in [-0.15, -0.1) is 0 Å². The van der Waals surface area contributed by atoms with Crippen molar-refractivity contribution in [2.75, 3.05) is 19.8 Å². The lowest BCUT2D eigenvalue weighted by molar-refractivity contribution is -0.371. The summed E-state index contributed by atoms with van der Waals surface area (Å²) < 4.78 is 15.6. The number of aromatic hydroxyl groups is 1. The predicted octanol–water partition coefficient (Wildman–Crippen LogP) is 4.18. The van der Waals surface area contributed by atoms with E-state index in [-0.39, 0.29) is 35.8 Å². The van der Waals surface area contributed by atoms with E-state index < -0.39 is 54.2 Å². The van der Waals surface area contributed by atoms with Crippen LogP contribution in [0.4, 0.5) is 0 Å². The topological polar surface area (TPSA) is 229 Å². The highest BCUT2D eigenvalue weighted by Gasteiger charge is 2.52. The minimum atomic E-state index is -2.27. The van der Waals surface area contributed by atoms with Gasteiger partial charge in [0.2, 0.25) is 5.91 Å². The van der Waals surface area contributed by atoms with Gasteiger partial charge in [-0.05, 0) is 81.7 Å². The molecular formula is C46H57N3O12. The van der Waals surface area contributed by atoms with Crippen molar-refractivity contribution in [1.82, 2.24) is 14.9 Å². The molecule has 0 radical (unpaired) electrons. The fourth-order valence-corrected chi connectivity index (χ4v) is 10.1. The number of hydrogen-bond acceptors (Lipinski definition) is 12. The van der Waals surface area contributed by atoms with E-state index in [0.717, 1.165) is 48.7 Å². The molecule has 328 valence electrons. The van der Waals surface area contributed by atoms with Crippen LogP contribution < -0.4 is 15.5 Å². The highest BCUT2D eigenvalue weighted by molar-refractivity contribution is 5.92. The zero-order valence-corrected chi connectivity index (χ0v) is 34.9. The average molecular weight is 844 g/mol. The standard InChI is InChI=1S/C46H57N3O12/c1-4-34-31-13-17-47-33(31)23-49(34)38-40-28(19-32-35(52)18-26(2)59-41(32)38)20-37(44(3,60-40)16-12-29-22-48-43(56)45(29)14-6-5-7-15-45)61-58-25-46(57,42(55)39(54)36(53)24-50)21-27-8-10-30(51)11-9-27/h8-11,13,17-19,23,29,36-37,39,42,47,50-51,53-55,57H,4-7,12,14-16,20-22,24-25H2,1-3H3,(H,48,56). The maximum atomic E-state index is 13.7. The van der Waals surface area contributed by atoms with Gasteiger partial charge in [0.15, 0.2) is 16.8 Å². The van der Waals surface area contributed by atoms with Crippen LogP contribution >= 0.6 is 0 Å². The van der Waals surface area contributed by atoms with Gasteiger partial charge >= 0.3 is 0 Å². The molecule has 2 fully saturated rings. The first kappa shape index (κ1) is 42.9. The summed E-state index contributed by atoms with van der Waals surface area (Å²) in [5.74, 6) is 1.07. The van der Waals surface area contributed by atoms with Gasteiger partial charge in [0.1, 0.15) is 59.4 Å². The first-order valence-corrected chi connectivity index (χ1v) is 21.4. The van der Waals surface area contributed by atoms with Crippen molar-refractivity contribution in [3.63, 3.8) is 0 Å². The molecule has 15 heteroatoms. The van der Waals surface area contributed by atoms with Crippen LogP contribution in [-0.4, -0.2) is 101 Å². The molecule has 1 aliphatic carbocycles. The van der Waals surface area contributed by atoms with Crippen molar-refractivity contribution in [2.45, 2.75) is 121 Å². The Labute approximate surface area is 352 Å². The summed E-state index contributed by atoms with van der Waals surface area (Å²) in [5.41, 5.74) is -0.152. The lowest BCUT2D eigenvalue weighted by Crippen LogP contribution is -2.58.